The Morgan fingerprint density at radius 2 is 1.88 bits per heavy atom. The monoisotopic (exact) mass is 557 g/mol. The van der Waals surface area contributed by atoms with Gasteiger partial charge in [-0.3, -0.25) is 9.59 Å². The highest BCUT2D eigenvalue weighted by Crippen LogP contribution is 2.52. The van der Waals surface area contributed by atoms with Crippen LogP contribution in [0.1, 0.15) is 68.8 Å². The molecule has 2 aliphatic carbocycles. The molecule has 4 unspecified atom stereocenters. The van der Waals surface area contributed by atoms with E-state index in [0.29, 0.717) is 0 Å². The molecule has 0 saturated carbocycles. The number of methoxy groups -OCH3 is 1. The van der Waals surface area contributed by atoms with Gasteiger partial charge in [-0.25, -0.2) is 0 Å². The summed E-state index contributed by atoms with van der Waals surface area (Å²) in [5.74, 6) is 2.82. The zero-order valence-corrected chi connectivity index (χ0v) is 21.8. The lowest BCUT2D eigenvalue weighted by atomic mass is 9.71. The molecule has 1 saturated heterocycles. The Morgan fingerprint density at radius 1 is 1.18 bits per heavy atom. The highest BCUT2D eigenvalue weighted by molar-refractivity contribution is 6.31. The molecular formula is C27H31N3O10. The maximum absolute atomic E-state index is 13.7. The van der Waals surface area contributed by atoms with E-state index >= 15 is 0 Å². The fourth-order valence-corrected chi connectivity index (χ4v) is 5.92. The molecule has 6 atom stereocenters. The Balaban J connectivity index is 1.70. The Kier molecular flexibility index (Phi) is 7.06. The van der Waals surface area contributed by atoms with Gasteiger partial charge < -0.3 is 51.3 Å². The van der Waals surface area contributed by atoms with E-state index in [1.54, 1.807) is 6.92 Å². The minimum Gasteiger partial charge on any atom is -0.507 e. The van der Waals surface area contributed by atoms with Gasteiger partial charge in [0.1, 0.15) is 22.8 Å². The maximum Gasteiger partial charge on any atom is 0.202 e. The Bertz CT molecular complexity index is 1410. The first-order valence-corrected chi connectivity index (χ1v) is 12.7. The molecule has 3 aliphatic rings. The van der Waals surface area contributed by atoms with Crippen LogP contribution in [-0.2, 0) is 15.9 Å². The predicted molar refractivity (Wildman–Crippen MR) is 138 cm³/mol. The van der Waals surface area contributed by atoms with E-state index in [1.807, 2.05) is 0 Å². The van der Waals surface area contributed by atoms with Crippen LogP contribution in [0, 0.1) is 0 Å². The molecule has 13 heteroatoms. The number of ketones is 2. The third-order valence-electron chi connectivity index (χ3n) is 7.99. The quantitative estimate of drug-likeness (QED) is 0.0932. The van der Waals surface area contributed by atoms with Gasteiger partial charge in [0.25, 0.3) is 0 Å². The number of phenolic OH excluding ortho intramolecular Hbond substituents is 2. The van der Waals surface area contributed by atoms with Crippen LogP contribution in [0.25, 0.3) is 0 Å². The van der Waals surface area contributed by atoms with E-state index in [-0.39, 0.29) is 46.6 Å². The second kappa shape index (κ2) is 10.1. The SMILES string of the molecule is COc1cccc2c1C(=O)c1c(O)c3c(c(O)c1C2=O)C[C@@](O)(/C(CO)=N/N)C[C@@H]3OC1CC(N)C(O)C(C)O1. The Labute approximate surface area is 228 Å². The molecule has 0 amide bonds. The number of carbonyl (C=O) groups excluding carboxylic acids is 2. The van der Waals surface area contributed by atoms with Crippen molar-refractivity contribution in [1.29, 1.82) is 0 Å². The number of benzene rings is 2. The number of hydrazone groups is 1. The van der Waals surface area contributed by atoms with Crippen LogP contribution >= 0.6 is 0 Å². The van der Waals surface area contributed by atoms with Crippen molar-refractivity contribution in [2.24, 2.45) is 16.7 Å². The largest absolute Gasteiger partial charge is 0.507 e. The first kappa shape index (κ1) is 28.0. The van der Waals surface area contributed by atoms with E-state index in [1.165, 1.54) is 25.3 Å². The summed E-state index contributed by atoms with van der Waals surface area (Å²) < 4.78 is 17.2. The summed E-state index contributed by atoms with van der Waals surface area (Å²) in [6.07, 6.45) is -4.62. The van der Waals surface area contributed by atoms with Gasteiger partial charge in [0.2, 0.25) is 5.78 Å². The lowest BCUT2D eigenvalue weighted by molar-refractivity contribution is -0.245. The Morgan fingerprint density at radius 3 is 2.50 bits per heavy atom. The highest BCUT2D eigenvalue weighted by atomic mass is 16.7. The van der Waals surface area contributed by atoms with E-state index in [2.05, 4.69) is 5.10 Å². The number of nitrogens with two attached hydrogens (primary N) is 2. The zero-order chi connectivity index (χ0) is 29.1. The smallest absolute Gasteiger partial charge is 0.202 e. The Hall–Kier alpha value is -3.59. The maximum atomic E-state index is 13.7. The molecule has 0 bridgehead atoms. The fourth-order valence-electron chi connectivity index (χ4n) is 5.92. The molecule has 1 heterocycles. The topological polar surface area (TPSA) is 227 Å². The lowest BCUT2D eigenvalue weighted by Gasteiger charge is -2.42. The lowest BCUT2D eigenvalue weighted by Crippen LogP contribution is -2.53. The second-order valence-corrected chi connectivity index (χ2v) is 10.3. The molecule has 0 aromatic heterocycles. The predicted octanol–water partition coefficient (Wildman–Crippen LogP) is -0.253. The molecule has 9 N–H and O–H groups in total. The second-order valence-electron chi connectivity index (χ2n) is 10.3. The summed E-state index contributed by atoms with van der Waals surface area (Å²) in [4.78, 5) is 27.3. The number of nitrogens with zero attached hydrogens (tertiary/aromatic N) is 1. The number of phenols is 2. The van der Waals surface area contributed by atoms with Crippen molar-refractivity contribution in [1.82, 2.24) is 0 Å². The number of ether oxygens (including phenoxy) is 3. The average molecular weight is 558 g/mol. The summed E-state index contributed by atoms with van der Waals surface area (Å²) >= 11 is 0. The van der Waals surface area contributed by atoms with Crippen molar-refractivity contribution in [3.05, 3.63) is 51.6 Å². The minimum absolute atomic E-state index is 0.0259. The zero-order valence-electron chi connectivity index (χ0n) is 21.8. The molecule has 40 heavy (non-hydrogen) atoms. The third-order valence-corrected chi connectivity index (χ3v) is 7.99. The molecular weight excluding hydrogens is 526 g/mol. The van der Waals surface area contributed by atoms with E-state index < -0.39 is 83.5 Å². The molecule has 1 aliphatic heterocycles. The van der Waals surface area contributed by atoms with Crippen molar-refractivity contribution >= 4 is 17.3 Å². The summed E-state index contributed by atoms with van der Waals surface area (Å²) in [5, 5.41) is 58.1. The van der Waals surface area contributed by atoms with Crippen LogP contribution in [0.2, 0.25) is 0 Å². The normalized spacial score (nSPS) is 29.9. The minimum atomic E-state index is -1.97. The summed E-state index contributed by atoms with van der Waals surface area (Å²) in [6.45, 7) is 0.871. The van der Waals surface area contributed by atoms with Crippen molar-refractivity contribution < 1.29 is 49.3 Å². The van der Waals surface area contributed by atoms with E-state index in [9.17, 15) is 35.1 Å². The molecule has 1 fully saturated rings. The van der Waals surface area contributed by atoms with Gasteiger partial charge in [0.05, 0.1) is 54.4 Å². The van der Waals surface area contributed by atoms with Gasteiger partial charge in [0.15, 0.2) is 12.1 Å². The molecule has 2 aromatic rings. The van der Waals surface area contributed by atoms with Gasteiger partial charge in [0, 0.05) is 42.0 Å². The molecule has 2 aromatic carbocycles. The summed E-state index contributed by atoms with van der Waals surface area (Å²) in [7, 11) is 1.34. The van der Waals surface area contributed by atoms with Crippen LogP contribution < -0.4 is 16.3 Å². The van der Waals surface area contributed by atoms with Crippen LogP contribution in [0.4, 0.5) is 0 Å². The van der Waals surface area contributed by atoms with E-state index in [4.69, 9.17) is 25.8 Å². The van der Waals surface area contributed by atoms with Crippen LogP contribution in [-0.4, -0.2) is 86.7 Å². The van der Waals surface area contributed by atoms with Crippen LogP contribution in [0.3, 0.4) is 0 Å². The third kappa shape index (κ3) is 4.13. The van der Waals surface area contributed by atoms with Gasteiger partial charge >= 0.3 is 0 Å². The molecule has 214 valence electrons. The number of rotatable bonds is 5. The summed E-state index contributed by atoms with van der Waals surface area (Å²) in [6, 6.07) is 3.72. The number of hydrogen-bond acceptors (Lipinski definition) is 13. The average Bonchev–Trinajstić information content (AvgIpc) is 2.92. The van der Waals surface area contributed by atoms with E-state index in [0.717, 1.165) is 0 Å². The molecule has 0 radical (unpaired) electrons. The number of fused-ring (bicyclic) bond motifs is 3. The van der Waals surface area contributed by atoms with Gasteiger partial charge in [-0.05, 0) is 13.0 Å². The number of aromatic hydroxyl groups is 2. The fraction of sp³-hybridized carbons (Fsp3) is 0.444. The number of aliphatic hydroxyl groups is 3. The van der Waals surface area contributed by atoms with Crippen molar-refractivity contribution in [2.75, 3.05) is 13.7 Å². The van der Waals surface area contributed by atoms with Crippen LogP contribution in [0.15, 0.2) is 23.3 Å². The summed E-state index contributed by atoms with van der Waals surface area (Å²) in [5.41, 5.74) is 2.74. The van der Waals surface area contributed by atoms with Gasteiger partial charge in [-0.1, -0.05) is 12.1 Å². The number of hydrogen-bond donors (Lipinski definition) is 7. The molecule has 5 rings (SSSR count). The molecule has 13 nitrogen and oxygen atoms in total. The first-order valence-electron chi connectivity index (χ1n) is 12.7. The number of aliphatic hydroxyl groups excluding tert-OH is 2. The first-order chi connectivity index (χ1) is 19.0. The molecule has 0 spiro atoms. The van der Waals surface area contributed by atoms with Crippen molar-refractivity contribution in [3.63, 3.8) is 0 Å². The van der Waals surface area contributed by atoms with Crippen molar-refractivity contribution in [3.8, 4) is 17.2 Å². The van der Waals surface area contributed by atoms with Crippen molar-refractivity contribution in [2.45, 2.75) is 62.4 Å². The standard InChI is InChI=1S/C27H31N3O10/c1-10-22(32)13(28)6-17(39-10)40-15-8-27(37,16(9-31)30-29)7-12-19(15)26(36)21-20(24(12)34)23(33)11-4-3-5-14(38-2)18(11)25(21)35/h3-5,10,13,15,17,22,31-32,34,36-37H,6-9,28-29H2,1-2H3/b30-16+/t10?,13?,15-,17?,22?,27-/m0/s1. The van der Waals surface area contributed by atoms with Gasteiger partial charge in [-0.15, -0.1) is 0 Å². The highest BCUT2D eigenvalue weighted by Gasteiger charge is 2.49. The van der Waals surface area contributed by atoms with Gasteiger partial charge in [-0.2, -0.15) is 5.10 Å². The number of carbonyl (C=O) groups is 2. The van der Waals surface area contributed by atoms with Crippen LogP contribution in [0.5, 0.6) is 17.2 Å².